The Balaban J connectivity index is 2.32. The van der Waals surface area contributed by atoms with Gasteiger partial charge in [-0.05, 0) is 6.42 Å². The summed E-state index contributed by atoms with van der Waals surface area (Å²) in [5.74, 6) is 1.20. The summed E-state index contributed by atoms with van der Waals surface area (Å²) < 4.78 is 2.19. The summed E-state index contributed by atoms with van der Waals surface area (Å²) in [5.41, 5.74) is 6.49. The first-order valence-corrected chi connectivity index (χ1v) is 4.77. The van der Waals surface area contributed by atoms with Crippen molar-refractivity contribution < 1.29 is 0 Å². The standard InChI is InChI=1S/C7H11N3S/c8-4-6-5-10-2-1-3-11-7(10)9-6/h5H,1-4,8H2. The summed E-state index contributed by atoms with van der Waals surface area (Å²) in [5, 5.41) is 1.14. The maximum Gasteiger partial charge on any atom is 0.168 e. The highest BCUT2D eigenvalue weighted by Crippen LogP contribution is 2.23. The van der Waals surface area contributed by atoms with Crippen LogP contribution in [0.15, 0.2) is 11.4 Å². The normalized spacial score (nSPS) is 16.5. The lowest BCUT2D eigenvalue weighted by atomic mass is 10.4. The van der Waals surface area contributed by atoms with Crippen molar-refractivity contribution in [3.05, 3.63) is 11.9 Å². The molecular formula is C7H11N3S. The molecule has 2 rings (SSSR count). The van der Waals surface area contributed by atoms with Crippen LogP contribution in [0.5, 0.6) is 0 Å². The van der Waals surface area contributed by atoms with Crippen molar-refractivity contribution in [3.8, 4) is 0 Å². The van der Waals surface area contributed by atoms with Crippen molar-refractivity contribution in [1.29, 1.82) is 0 Å². The first-order chi connectivity index (χ1) is 5.40. The average molecular weight is 169 g/mol. The molecule has 0 saturated heterocycles. The number of nitrogens with zero attached hydrogens (tertiary/aromatic N) is 2. The van der Waals surface area contributed by atoms with E-state index < -0.39 is 0 Å². The fourth-order valence-electron chi connectivity index (χ4n) is 1.22. The topological polar surface area (TPSA) is 43.8 Å². The molecule has 1 aromatic rings. The van der Waals surface area contributed by atoms with Gasteiger partial charge in [0.25, 0.3) is 0 Å². The zero-order chi connectivity index (χ0) is 7.68. The van der Waals surface area contributed by atoms with Gasteiger partial charge in [0, 0.05) is 25.0 Å². The number of fused-ring (bicyclic) bond motifs is 1. The molecule has 2 N–H and O–H groups in total. The molecule has 1 aliphatic heterocycles. The molecule has 2 heterocycles. The van der Waals surface area contributed by atoms with E-state index in [1.807, 2.05) is 11.8 Å². The van der Waals surface area contributed by atoms with E-state index in [1.54, 1.807) is 0 Å². The summed E-state index contributed by atoms with van der Waals surface area (Å²) in [6.45, 7) is 1.66. The number of nitrogens with two attached hydrogens (primary N) is 1. The van der Waals surface area contributed by atoms with Gasteiger partial charge in [0.05, 0.1) is 5.69 Å². The molecule has 0 spiro atoms. The quantitative estimate of drug-likeness (QED) is 0.677. The Kier molecular flexibility index (Phi) is 1.87. The smallest absolute Gasteiger partial charge is 0.168 e. The van der Waals surface area contributed by atoms with Gasteiger partial charge in [0.1, 0.15) is 0 Å². The van der Waals surface area contributed by atoms with Gasteiger partial charge in [0.15, 0.2) is 5.16 Å². The Morgan fingerprint density at radius 1 is 1.73 bits per heavy atom. The number of aryl methyl sites for hydroxylation is 1. The van der Waals surface area contributed by atoms with Crippen molar-refractivity contribution >= 4 is 11.8 Å². The van der Waals surface area contributed by atoms with Crippen LogP contribution in [0, 0.1) is 0 Å². The number of thioether (sulfide) groups is 1. The van der Waals surface area contributed by atoms with Crippen LogP contribution in [0.4, 0.5) is 0 Å². The predicted octanol–water partition coefficient (Wildman–Crippen LogP) is 0.838. The summed E-state index contributed by atoms with van der Waals surface area (Å²) in [4.78, 5) is 4.37. The van der Waals surface area contributed by atoms with Crippen molar-refractivity contribution in [2.45, 2.75) is 24.7 Å². The summed E-state index contributed by atoms with van der Waals surface area (Å²) >= 11 is 1.82. The first kappa shape index (κ1) is 7.18. The summed E-state index contributed by atoms with van der Waals surface area (Å²) in [7, 11) is 0. The molecule has 0 bridgehead atoms. The second kappa shape index (κ2) is 2.87. The highest BCUT2D eigenvalue weighted by molar-refractivity contribution is 7.99. The van der Waals surface area contributed by atoms with Crippen LogP contribution in [-0.2, 0) is 13.1 Å². The van der Waals surface area contributed by atoms with Crippen LogP contribution in [0.3, 0.4) is 0 Å². The molecule has 11 heavy (non-hydrogen) atoms. The number of hydrogen-bond donors (Lipinski definition) is 1. The maximum atomic E-state index is 5.48. The van der Waals surface area contributed by atoms with Gasteiger partial charge in [-0.25, -0.2) is 4.98 Å². The van der Waals surface area contributed by atoms with Crippen LogP contribution < -0.4 is 5.73 Å². The zero-order valence-corrected chi connectivity index (χ0v) is 7.10. The van der Waals surface area contributed by atoms with E-state index in [0.717, 1.165) is 17.4 Å². The molecule has 0 unspecified atom stereocenters. The Bertz CT molecular complexity index is 233. The Morgan fingerprint density at radius 3 is 3.36 bits per heavy atom. The lowest BCUT2D eigenvalue weighted by Crippen LogP contribution is -2.05. The van der Waals surface area contributed by atoms with Gasteiger partial charge >= 0.3 is 0 Å². The molecule has 0 amide bonds. The number of aromatic nitrogens is 2. The van der Waals surface area contributed by atoms with E-state index in [2.05, 4.69) is 15.7 Å². The minimum atomic E-state index is 0.556. The molecular weight excluding hydrogens is 158 g/mol. The highest BCUT2D eigenvalue weighted by atomic mass is 32.2. The summed E-state index contributed by atoms with van der Waals surface area (Å²) in [6, 6.07) is 0. The van der Waals surface area contributed by atoms with E-state index in [9.17, 15) is 0 Å². The molecule has 0 radical (unpaired) electrons. The second-order valence-electron chi connectivity index (χ2n) is 2.61. The van der Waals surface area contributed by atoms with Gasteiger partial charge in [0.2, 0.25) is 0 Å². The molecule has 0 atom stereocenters. The van der Waals surface area contributed by atoms with E-state index in [1.165, 1.54) is 12.2 Å². The van der Waals surface area contributed by atoms with Crippen molar-refractivity contribution in [1.82, 2.24) is 9.55 Å². The van der Waals surface area contributed by atoms with E-state index in [0.29, 0.717) is 6.54 Å². The number of hydrogen-bond acceptors (Lipinski definition) is 3. The van der Waals surface area contributed by atoms with Gasteiger partial charge in [-0.2, -0.15) is 0 Å². The SMILES string of the molecule is NCc1cn2c(n1)SCCC2. The largest absolute Gasteiger partial charge is 0.326 e. The Morgan fingerprint density at radius 2 is 2.64 bits per heavy atom. The minimum absolute atomic E-state index is 0.556. The molecule has 0 aliphatic carbocycles. The van der Waals surface area contributed by atoms with E-state index >= 15 is 0 Å². The predicted molar refractivity (Wildman–Crippen MR) is 45.5 cm³/mol. The molecule has 4 heteroatoms. The lowest BCUT2D eigenvalue weighted by Gasteiger charge is -2.11. The number of rotatable bonds is 1. The fraction of sp³-hybridized carbons (Fsp3) is 0.571. The third-order valence-corrected chi connectivity index (χ3v) is 2.85. The van der Waals surface area contributed by atoms with Crippen molar-refractivity contribution in [2.24, 2.45) is 5.73 Å². The van der Waals surface area contributed by atoms with Crippen molar-refractivity contribution in [2.75, 3.05) is 5.75 Å². The van der Waals surface area contributed by atoms with Gasteiger partial charge in [-0.15, -0.1) is 0 Å². The zero-order valence-electron chi connectivity index (χ0n) is 6.29. The first-order valence-electron chi connectivity index (χ1n) is 3.79. The van der Waals surface area contributed by atoms with E-state index in [4.69, 9.17) is 5.73 Å². The molecule has 3 nitrogen and oxygen atoms in total. The Hall–Kier alpha value is -0.480. The average Bonchev–Trinajstić information content (AvgIpc) is 2.46. The van der Waals surface area contributed by atoms with Crippen LogP contribution in [0.25, 0.3) is 0 Å². The molecule has 0 saturated carbocycles. The molecule has 1 aromatic heterocycles. The second-order valence-corrected chi connectivity index (χ2v) is 3.68. The third-order valence-electron chi connectivity index (χ3n) is 1.77. The molecule has 0 fully saturated rings. The lowest BCUT2D eigenvalue weighted by molar-refractivity contribution is 0.607. The monoisotopic (exact) mass is 169 g/mol. The number of imidazole rings is 1. The molecule has 1 aliphatic rings. The maximum absolute atomic E-state index is 5.48. The van der Waals surface area contributed by atoms with E-state index in [-0.39, 0.29) is 0 Å². The van der Waals surface area contributed by atoms with Crippen molar-refractivity contribution in [3.63, 3.8) is 0 Å². The van der Waals surface area contributed by atoms with Crippen LogP contribution in [0.2, 0.25) is 0 Å². The van der Waals surface area contributed by atoms with Gasteiger partial charge < -0.3 is 10.3 Å². The van der Waals surface area contributed by atoms with Crippen LogP contribution in [0.1, 0.15) is 12.1 Å². The highest BCUT2D eigenvalue weighted by Gasteiger charge is 2.11. The molecule has 60 valence electrons. The van der Waals surface area contributed by atoms with Gasteiger partial charge in [-0.3, -0.25) is 0 Å². The van der Waals surface area contributed by atoms with Gasteiger partial charge in [-0.1, -0.05) is 11.8 Å². The minimum Gasteiger partial charge on any atom is -0.326 e. The summed E-state index contributed by atoms with van der Waals surface area (Å²) in [6.07, 6.45) is 3.31. The Labute approximate surface area is 70.0 Å². The third kappa shape index (κ3) is 1.28. The van der Waals surface area contributed by atoms with Crippen LogP contribution >= 0.6 is 11.8 Å². The molecule has 0 aromatic carbocycles. The van der Waals surface area contributed by atoms with Crippen LogP contribution in [-0.4, -0.2) is 15.3 Å². The fourth-order valence-corrected chi connectivity index (χ4v) is 2.17.